The summed E-state index contributed by atoms with van der Waals surface area (Å²) in [5.41, 5.74) is -2.37. The van der Waals surface area contributed by atoms with Crippen molar-refractivity contribution in [1.29, 1.82) is 0 Å². The molecule has 6 heteroatoms. The van der Waals surface area contributed by atoms with Gasteiger partial charge in [-0.15, -0.1) is 0 Å². The largest absolute Gasteiger partial charge is 0.497 e. The highest BCUT2D eigenvalue weighted by Crippen LogP contribution is 2.39. The Morgan fingerprint density at radius 1 is 1.04 bits per heavy atom. The van der Waals surface area contributed by atoms with Gasteiger partial charge >= 0.3 is 6.18 Å². The molecule has 0 spiro atoms. The predicted molar refractivity (Wildman–Crippen MR) is 85.8 cm³/mol. The van der Waals surface area contributed by atoms with Gasteiger partial charge in [-0.3, -0.25) is 0 Å². The summed E-state index contributed by atoms with van der Waals surface area (Å²) in [5, 5.41) is 13.1. The predicted octanol–water partition coefficient (Wildman–Crippen LogP) is 3.80. The summed E-state index contributed by atoms with van der Waals surface area (Å²) in [7, 11) is 1.42. The molecule has 0 aromatic heterocycles. The van der Waals surface area contributed by atoms with Gasteiger partial charge in [0.25, 0.3) is 0 Å². The second-order valence-electron chi connectivity index (χ2n) is 5.60. The molecule has 3 nitrogen and oxygen atoms in total. The zero-order valence-corrected chi connectivity index (χ0v) is 13.5. The van der Waals surface area contributed by atoms with Gasteiger partial charge in [0.05, 0.1) is 7.11 Å². The minimum absolute atomic E-state index is 0.233. The molecule has 0 bridgehead atoms. The van der Waals surface area contributed by atoms with Crippen LogP contribution in [0.15, 0.2) is 54.6 Å². The first-order valence-corrected chi connectivity index (χ1v) is 7.50. The van der Waals surface area contributed by atoms with E-state index in [1.165, 1.54) is 31.4 Å². The van der Waals surface area contributed by atoms with Crippen molar-refractivity contribution < 1.29 is 23.0 Å². The van der Waals surface area contributed by atoms with Crippen LogP contribution in [0.2, 0.25) is 0 Å². The lowest BCUT2D eigenvalue weighted by Gasteiger charge is -2.32. The third-order valence-corrected chi connectivity index (χ3v) is 4.00. The van der Waals surface area contributed by atoms with Gasteiger partial charge in [0.15, 0.2) is 5.60 Å². The Bertz CT molecular complexity index is 644. The monoisotopic (exact) mass is 339 g/mol. The number of methoxy groups -OCH3 is 1. The highest BCUT2D eigenvalue weighted by molar-refractivity contribution is 5.32. The topological polar surface area (TPSA) is 41.5 Å². The highest BCUT2D eigenvalue weighted by Gasteiger charge is 2.54. The van der Waals surface area contributed by atoms with Crippen molar-refractivity contribution in [3.8, 4) is 5.75 Å². The molecular formula is C18H20F3NO2. The molecule has 2 rings (SSSR count). The van der Waals surface area contributed by atoms with E-state index >= 15 is 0 Å². The van der Waals surface area contributed by atoms with Crippen LogP contribution in [0.5, 0.6) is 5.75 Å². The number of aliphatic hydroxyl groups is 1. The fourth-order valence-electron chi connectivity index (χ4n) is 2.39. The van der Waals surface area contributed by atoms with Gasteiger partial charge in [-0.1, -0.05) is 42.5 Å². The molecule has 0 heterocycles. The van der Waals surface area contributed by atoms with Gasteiger partial charge in [-0.2, -0.15) is 13.2 Å². The number of ether oxygens (including phenoxy) is 1. The minimum atomic E-state index is -4.81. The summed E-state index contributed by atoms with van der Waals surface area (Å²) in [4.78, 5) is 0. The SMILES string of the molecule is COc1ccc(C(O)(CN[C@@H](C)c2ccccc2)C(F)(F)F)cc1. The van der Waals surface area contributed by atoms with Crippen molar-refractivity contribution in [2.24, 2.45) is 0 Å². The van der Waals surface area contributed by atoms with E-state index in [4.69, 9.17) is 4.74 Å². The molecule has 0 amide bonds. The van der Waals surface area contributed by atoms with Gasteiger partial charge in [0, 0.05) is 12.6 Å². The van der Waals surface area contributed by atoms with Crippen LogP contribution in [-0.2, 0) is 5.60 Å². The molecule has 24 heavy (non-hydrogen) atoms. The smallest absolute Gasteiger partial charge is 0.422 e. The molecule has 2 atom stereocenters. The summed E-state index contributed by atoms with van der Waals surface area (Å²) in [6.45, 7) is 1.10. The second-order valence-corrected chi connectivity index (χ2v) is 5.60. The Balaban J connectivity index is 2.21. The molecule has 1 unspecified atom stereocenters. The molecule has 0 fully saturated rings. The molecule has 2 aromatic carbocycles. The quantitative estimate of drug-likeness (QED) is 0.841. The number of hydrogen-bond donors (Lipinski definition) is 2. The van der Waals surface area contributed by atoms with Crippen molar-refractivity contribution in [3.05, 3.63) is 65.7 Å². The van der Waals surface area contributed by atoms with E-state index in [-0.39, 0.29) is 11.6 Å². The lowest BCUT2D eigenvalue weighted by atomic mass is 9.92. The van der Waals surface area contributed by atoms with Crippen LogP contribution in [0.4, 0.5) is 13.2 Å². The van der Waals surface area contributed by atoms with Crippen LogP contribution in [0.25, 0.3) is 0 Å². The molecule has 0 aliphatic heterocycles. The van der Waals surface area contributed by atoms with E-state index in [0.29, 0.717) is 5.75 Å². The molecule has 0 aliphatic carbocycles. The van der Waals surface area contributed by atoms with Crippen LogP contribution < -0.4 is 10.1 Å². The summed E-state index contributed by atoms with van der Waals surface area (Å²) in [6, 6.07) is 14.0. The minimum Gasteiger partial charge on any atom is -0.497 e. The molecule has 0 saturated carbocycles. The van der Waals surface area contributed by atoms with Crippen molar-refractivity contribution in [1.82, 2.24) is 5.32 Å². The highest BCUT2D eigenvalue weighted by atomic mass is 19.4. The van der Waals surface area contributed by atoms with Crippen LogP contribution >= 0.6 is 0 Å². The normalized spacial score (nSPS) is 15.6. The van der Waals surface area contributed by atoms with Crippen molar-refractivity contribution in [2.45, 2.75) is 24.7 Å². The second kappa shape index (κ2) is 7.23. The van der Waals surface area contributed by atoms with E-state index in [2.05, 4.69) is 5.32 Å². The average Bonchev–Trinajstić information content (AvgIpc) is 2.59. The van der Waals surface area contributed by atoms with Gasteiger partial charge in [0.2, 0.25) is 0 Å². The Morgan fingerprint density at radius 2 is 1.62 bits per heavy atom. The molecule has 2 N–H and O–H groups in total. The summed E-state index contributed by atoms with van der Waals surface area (Å²) < 4.78 is 45.5. The Labute approximate surface area is 139 Å². The number of hydrogen-bond acceptors (Lipinski definition) is 3. The number of alkyl halides is 3. The molecule has 130 valence electrons. The van der Waals surface area contributed by atoms with Crippen molar-refractivity contribution in [3.63, 3.8) is 0 Å². The van der Waals surface area contributed by atoms with Crippen LogP contribution in [0.3, 0.4) is 0 Å². The fraction of sp³-hybridized carbons (Fsp3) is 0.333. The van der Waals surface area contributed by atoms with Crippen LogP contribution in [0.1, 0.15) is 24.1 Å². The molecule has 2 aromatic rings. The van der Waals surface area contributed by atoms with E-state index in [1.807, 2.05) is 30.3 Å². The van der Waals surface area contributed by atoms with Crippen molar-refractivity contribution in [2.75, 3.05) is 13.7 Å². The Morgan fingerprint density at radius 3 is 2.12 bits per heavy atom. The number of halogens is 3. The third kappa shape index (κ3) is 3.88. The lowest BCUT2D eigenvalue weighted by Crippen LogP contribution is -2.50. The Hall–Kier alpha value is -2.05. The zero-order chi connectivity index (χ0) is 17.8. The standard InChI is InChI=1S/C18H20F3NO2/c1-13(14-6-4-3-5-7-14)22-12-17(23,18(19,20)21)15-8-10-16(24-2)11-9-15/h3-11,13,22-23H,12H2,1-2H3/t13-,17?/m0/s1. The van der Waals surface area contributed by atoms with Crippen LogP contribution in [-0.4, -0.2) is 24.9 Å². The fourth-order valence-corrected chi connectivity index (χ4v) is 2.39. The van der Waals surface area contributed by atoms with E-state index < -0.39 is 18.3 Å². The zero-order valence-electron chi connectivity index (χ0n) is 13.5. The summed E-state index contributed by atoms with van der Waals surface area (Å²) in [6.07, 6.45) is -4.81. The van der Waals surface area contributed by atoms with Crippen molar-refractivity contribution >= 4 is 0 Å². The number of nitrogens with one attached hydrogen (secondary N) is 1. The van der Waals surface area contributed by atoms with Gasteiger partial charge < -0.3 is 15.2 Å². The molecular weight excluding hydrogens is 319 g/mol. The molecule has 0 saturated heterocycles. The third-order valence-electron chi connectivity index (χ3n) is 4.00. The van der Waals surface area contributed by atoms with E-state index in [0.717, 1.165) is 5.56 Å². The summed E-state index contributed by atoms with van der Waals surface area (Å²) in [5.74, 6) is 0.425. The van der Waals surface area contributed by atoms with Crippen LogP contribution in [0, 0.1) is 0 Å². The van der Waals surface area contributed by atoms with E-state index in [1.54, 1.807) is 6.92 Å². The number of benzene rings is 2. The lowest BCUT2D eigenvalue weighted by molar-refractivity contribution is -0.264. The average molecular weight is 339 g/mol. The maximum absolute atomic E-state index is 13.5. The maximum Gasteiger partial charge on any atom is 0.422 e. The molecule has 0 aliphatic rings. The molecule has 0 radical (unpaired) electrons. The summed E-state index contributed by atoms with van der Waals surface area (Å²) >= 11 is 0. The first kappa shape index (κ1) is 18.3. The van der Waals surface area contributed by atoms with Gasteiger partial charge in [-0.05, 0) is 30.2 Å². The Kier molecular flexibility index (Phi) is 5.51. The van der Waals surface area contributed by atoms with Gasteiger partial charge in [-0.25, -0.2) is 0 Å². The first-order valence-electron chi connectivity index (χ1n) is 7.50. The maximum atomic E-state index is 13.5. The first-order chi connectivity index (χ1) is 11.3. The number of rotatable bonds is 6. The van der Waals surface area contributed by atoms with E-state index in [9.17, 15) is 18.3 Å². The van der Waals surface area contributed by atoms with Gasteiger partial charge in [0.1, 0.15) is 5.75 Å².